The van der Waals surface area contributed by atoms with Gasteiger partial charge >= 0.3 is 0 Å². The maximum absolute atomic E-state index is 12.0. The molecular formula is C13H10Br3NOS. The van der Waals surface area contributed by atoms with Gasteiger partial charge in [0.25, 0.3) is 5.91 Å². The van der Waals surface area contributed by atoms with E-state index in [4.69, 9.17) is 0 Å². The fourth-order valence-corrected chi connectivity index (χ4v) is 4.69. The molecule has 19 heavy (non-hydrogen) atoms. The van der Waals surface area contributed by atoms with Gasteiger partial charge in [-0.25, -0.2) is 0 Å². The van der Waals surface area contributed by atoms with Crippen LogP contribution in [0.5, 0.6) is 0 Å². The summed E-state index contributed by atoms with van der Waals surface area (Å²) in [6.07, 6.45) is 0. The normalized spacial score (nSPS) is 10.5. The van der Waals surface area contributed by atoms with E-state index >= 15 is 0 Å². The number of thiophene rings is 1. The fourth-order valence-electron chi connectivity index (χ4n) is 1.52. The van der Waals surface area contributed by atoms with Crippen molar-refractivity contribution in [1.29, 1.82) is 0 Å². The number of rotatable bonds is 4. The summed E-state index contributed by atoms with van der Waals surface area (Å²) in [4.78, 5) is 12.0. The van der Waals surface area contributed by atoms with E-state index in [2.05, 4.69) is 53.1 Å². The van der Waals surface area contributed by atoms with Crippen LogP contribution in [0.1, 0.15) is 21.5 Å². The molecule has 6 heteroatoms. The summed E-state index contributed by atoms with van der Waals surface area (Å²) in [5, 5.41) is 3.75. The Morgan fingerprint density at radius 3 is 2.32 bits per heavy atom. The van der Waals surface area contributed by atoms with Crippen LogP contribution in [0.3, 0.4) is 0 Å². The van der Waals surface area contributed by atoms with Crippen LogP contribution in [0.25, 0.3) is 0 Å². The SMILES string of the molecule is O=C(NCc1ccc(CBr)cc1)c1cc(Br)sc1Br. The van der Waals surface area contributed by atoms with E-state index in [1.165, 1.54) is 16.9 Å². The van der Waals surface area contributed by atoms with E-state index < -0.39 is 0 Å². The fraction of sp³-hybridized carbons (Fsp3) is 0.154. The Morgan fingerprint density at radius 1 is 1.16 bits per heavy atom. The molecule has 0 aliphatic rings. The van der Waals surface area contributed by atoms with Gasteiger partial charge in [-0.3, -0.25) is 4.79 Å². The first-order valence-corrected chi connectivity index (χ1v) is 8.99. The summed E-state index contributed by atoms with van der Waals surface area (Å²) in [5.41, 5.74) is 2.97. The number of carbonyl (C=O) groups is 1. The number of benzene rings is 1. The van der Waals surface area contributed by atoms with Crippen LogP contribution in [0.2, 0.25) is 0 Å². The number of hydrogen-bond donors (Lipinski definition) is 1. The Kier molecular flexibility index (Phi) is 5.62. The summed E-state index contributed by atoms with van der Waals surface area (Å²) in [7, 11) is 0. The molecule has 100 valence electrons. The van der Waals surface area contributed by atoms with E-state index in [-0.39, 0.29) is 5.91 Å². The van der Waals surface area contributed by atoms with Gasteiger partial charge in [0, 0.05) is 11.9 Å². The van der Waals surface area contributed by atoms with Gasteiger partial charge < -0.3 is 5.32 Å². The highest BCUT2D eigenvalue weighted by molar-refractivity contribution is 9.12. The van der Waals surface area contributed by atoms with Gasteiger partial charge in [0.2, 0.25) is 0 Å². The number of nitrogens with one attached hydrogen (secondary N) is 1. The highest BCUT2D eigenvalue weighted by Crippen LogP contribution is 2.31. The highest BCUT2D eigenvalue weighted by Gasteiger charge is 2.13. The minimum Gasteiger partial charge on any atom is -0.348 e. The zero-order valence-corrected chi connectivity index (χ0v) is 15.3. The number of carbonyl (C=O) groups excluding carboxylic acids is 1. The molecule has 0 aliphatic heterocycles. The number of alkyl halides is 1. The van der Waals surface area contributed by atoms with E-state index in [9.17, 15) is 4.79 Å². The van der Waals surface area contributed by atoms with Gasteiger partial charge in [0.05, 0.1) is 13.1 Å². The number of hydrogen-bond acceptors (Lipinski definition) is 2. The number of amides is 1. The molecule has 0 atom stereocenters. The number of halogens is 3. The molecule has 0 spiro atoms. The molecule has 1 N–H and O–H groups in total. The second kappa shape index (κ2) is 7.02. The smallest absolute Gasteiger partial charge is 0.253 e. The van der Waals surface area contributed by atoms with Gasteiger partial charge in [0.1, 0.15) is 0 Å². The van der Waals surface area contributed by atoms with Gasteiger partial charge in [-0.15, -0.1) is 11.3 Å². The molecule has 0 aliphatic carbocycles. The molecule has 0 saturated heterocycles. The maximum atomic E-state index is 12.0. The predicted octanol–water partition coefficient (Wildman–Crippen LogP) is 5.10. The van der Waals surface area contributed by atoms with Crippen molar-refractivity contribution in [2.24, 2.45) is 0 Å². The third-order valence-corrected chi connectivity index (χ3v) is 5.52. The monoisotopic (exact) mass is 465 g/mol. The van der Waals surface area contributed by atoms with Crippen LogP contribution in [0.15, 0.2) is 37.9 Å². The Hall–Kier alpha value is -0.170. The lowest BCUT2D eigenvalue weighted by molar-refractivity contribution is 0.0950. The molecule has 2 nitrogen and oxygen atoms in total. The minimum atomic E-state index is -0.0709. The molecular weight excluding hydrogens is 458 g/mol. The molecule has 0 saturated carbocycles. The molecule has 0 unspecified atom stereocenters. The largest absolute Gasteiger partial charge is 0.348 e. The Labute approximate surface area is 141 Å². The first kappa shape index (κ1) is 15.2. The maximum Gasteiger partial charge on any atom is 0.253 e. The highest BCUT2D eigenvalue weighted by atomic mass is 79.9. The topological polar surface area (TPSA) is 29.1 Å². The average molecular weight is 468 g/mol. The van der Waals surface area contributed by atoms with E-state index in [1.54, 1.807) is 0 Å². The molecule has 2 aromatic rings. The summed E-state index contributed by atoms with van der Waals surface area (Å²) in [5.74, 6) is -0.0709. The molecule has 0 bridgehead atoms. The van der Waals surface area contributed by atoms with Crippen LogP contribution < -0.4 is 5.32 Å². The quantitative estimate of drug-likeness (QED) is 0.623. The molecule has 1 amide bonds. The van der Waals surface area contributed by atoms with Gasteiger partial charge in [-0.05, 0) is 49.1 Å². The van der Waals surface area contributed by atoms with Gasteiger partial charge in [0.15, 0.2) is 0 Å². The molecule has 2 rings (SSSR count). The van der Waals surface area contributed by atoms with Crippen molar-refractivity contribution in [2.45, 2.75) is 11.9 Å². The van der Waals surface area contributed by atoms with Crippen LogP contribution >= 0.6 is 59.1 Å². The van der Waals surface area contributed by atoms with Crippen molar-refractivity contribution < 1.29 is 4.79 Å². The van der Waals surface area contributed by atoms with Crippen molar-refractivity contribution in [2.75, 3.05) is 0 Å². The van der Waals surface area contributed by atoms with Crippen molar-refractivity contribution in [3.8, 4) is 0 Å². The summed E-state index contributed by atoms with van der Waals surface area (Å²) >= 11 is 11.7. The van der Waals surface area contributed by atoms with Crippen molar-refractivity contribution in [1.82, 2.24) is 5.32 Å². The third-order valence-electron chi connectivity index (χ3n) is 2.53. The first-order chi connectivity index (χ1) is 9.10. The zero-order valence-electron chi connectivity index (χ0n) is 9.75. The second-order valence-electron chi connectivity index (χ2n) is 3.87. The van der Waals surface area contributed by atoms with E-state index in [0.29, 0.717) is 12.1 Å². The lowest BCUT2D eigenvalue weighted by Crippen LogP contribution is -2.22. The Balaban J connectivity index is 1.98. The van der Waals surface area contributed by atoms with Crippen molar-refractivity contribution in [3.63, 3.8) is 0 Å². The van der Waals surface area contributed by atoms with E-state index in [1.807, 2.05) is 30.3 Å². The Bertz CT molecular complexity index is 580. The van der Waals surface area contributed by atoms with Gasteiger partial charge in [-0.1, -0.05) is 40.2 Å². The molecule has 1 aromatic carbocycles. The van der Waals surface area contributed by atoms with Crippen LogP contribution in [0, 0.1) is 0 Å². The standard InChI is InChI=1S/C13H10Br3NOS/c14-6-8-1-3-9(4-2-8)7-17-13(18)10-5-11(15)19-12(10)16/h1-5H,6-7H2,(H,17,18). The minimum absolute atomic E-state index is 0.0709. The predicted molar refractivity (Wildman–Crippen MR) is 90.0 cm³/mol. The lowest BCUT2D eigenvalue weighted by atomic mass is 10.1. The average Bonchev–Trinajstić information content (AvgIpc) is 2.75. The van der Waals surface area contributed by atoms with Gasteiger partial charge in [-0.2, -0.15) is 0 Å². The summed E-state index contributed by atoms with van der Waals surface area (Å²) in [6, 6.07) is 9.96. The van der Waals surface area contributed by atoms with Crippen molar-refractivity contribution >= 4 is 65.0 Å². The Morgan fingerprint density at radius 2 is 1.79 bits per heavy atom. The first-order valence-electron chi connectivity index (χ1n) is 5.47. The zero-order chi connectivity index (χ0) is 13.8. The molecule has 0 fully saturated rings. The third kappa shape index (κ3) is 4.15. The van der Waals surface area contributed by atoms with E-state index in [0.717, 1.165) is 18.5 Å². The molecule has 1 heterocycles. The van der Waals surface area contributed by atoms with Crippen LogP contribution in [-0.4, -0.2) is 5.91 Å². The van der Waals surface area contributed by atoms with Crippen LogP contribution in [0.4, 0.5) is 0 Å². The summed E-state index contributed by atoms with van der Waals surface area (Å²) < 4.78 is 1.78. The summed E-state index contributed by atoms with van der Waals surface area (Å²) in [6.45, 7) is 0.529. The molecule has 1 aromatic heterocycles. The van der Waals surface area contributed by atoms with Crippen molar-refractivity contribution in [3.05, 3.63) is 54.6 Å². The second-order valence-corrected chi connectivity index (χ2v) is 8.18. The lowest BCUT2D eigenvalue weighted by Gasteiger charge is -2.05. The molecule has 0 radical (unpaired) electrons. The van der Waals surface area contributed by atoms with Crippen LogP contribution in [-0.2, 0) is 11.9 Å².